The molecule has 0 aliphatic heterocycles. The number of carbonyl (C=O) groups excluding carboxylic acids is 2. The van der Waals surface area contributed by atoms with Crippen LogP contribution in [0.15, 0.2) is 29.6 Å². The summed E-state index contributed by atoms with van der Waals surface area (Å²) in [4.78, 5) is 24.7. The minimum atomic E-state index is -0.835. The Morgan fingerprint density at radius 1 is 1.27 bits per heavy atom. The van der Waals surface area contributed by atoms with Gasteiger partial charge in [0.05, 0.1) is 6.07 Å². The maximum absolute atomic E-state index is 12.5. The second-order valence-corrected chi connectivity index (χ2v) is 7.93. The number of nitriles is 1. The molecule has 2 rings (SSSR count). The predicted molar refractivity (Wildman–Crippen MR) is 102 cm³/mol. The van der Waals surface area contributed by atoms with Crippen LogP contribution in [0.25, 0.3) is 10.1 Å². The van der Waals surface area contributed by atoms with Crippen molar-refractivity contribution in [3.63, 3.8) is 0 Å². The fraction of sp³-hybridized carbons (Fsp3) is 0.421. The van der Waals surface area contributed by atoms with E-state index >= 15 is 0 Å². The average Bonchev–Trinajstić information content (AvgIpc) is 2.95. The summed E-state index contributed by atoms with van der Waals surface area (Å²) < 4.78 is 6.38. The molecule has 0 saturated carbocycles. The predicted octanol–water partition coefficient (Wildman–Crippen LogP) is 3.37. The zero-order valence-electron chi connectivity index (χ0n) is 15.3. The van der Waals surface area contributed by atoms with E-state index in [0.29, 0.717) is 6.42 Å². The Bertz CT molecular complexity index is 832. The van der Waals surface area contributed by atoms with Gasteiger partial charge in [-0.2, -0.15) is 5.26 Å². The molecule has 2 atom stereocenters. The van der Waals surface area contributed by atoms with Crippen LogP contribution in [0.5, 0.6) is 0 Å². The zero-order chi connectivity index (χ0) is 19.3. The second-order valence-electron chi connectivity index (χ2n) is 7.02. The Balaban J connectivity index is 2.21. The van der Waals surface area contributed by atoms with Crippen LogP contribution in [-0.4, -0.2) is 29.7 Å². The van der Waals surface area contributed by atoms with Crippen LogP contribution in [0.3, 0.4) is 0 Å². The standard InChI is InChI=1S/C19H23N3O3S/c1-12(10-20)21-17(23)15(22-18(24)25-19(2,3)4)9-13-11-26-16-8-6-5-7-14(13)16/h5-8,11-12,15H,9H2,1-4H3,(H,21,23)(H,22,24). The topological polar surface area (TPSA) is 91.2 Å². The third kappa shape index (κ3) is 5.46. The van der Waals surface area contributed by atoms with Crippen molar-refractivity contribution in [2.24, 2.45) is 0 Å². The first kappa shape index (κ1) is 19.7. The van der Waals surface area contributed by atoms with Crippen molar-refractivity contribution in [3.05, 3.63) is 35.2 Å². The van der Waals surface area contributed by atoms with Gasteiger partial charge in [0.1, 0.15) is 17.7 Å². The van der Waals surface area contributed by atoms with Crippen molar-refractivity contribution >= 4 is 33.4 Å². The monoisotopic (exact) mass is 373 g/mol. The molecule has 0 bridgehead atoms. The molecule has 0 fully saturated rings. The van der Waals surface area contributed by atoms with Crippen LogP contribution in [0.4, 0.5) is 4.79 Å². The number of nitrogens with zero attached hydrogens (tertiary/aromatic N) is 1. The minimum Gasteiger partial charge on any atom is -0.444 e. The van der Waals surface area contributed by atoms with E-state index in [9.17, 15) is 9.59 Å². The summed E-state index contributed by atoms with van der Waals surface area (Å²) >= 11 is 1.59. The van der Waals surface area contributed by atoms with Crippen molar-refractivity contribution in [1.29, 1.82) is 5.26 Å². The molecule has 26 heavy (non-hydrogen) atoms. The quantitative estimate of drug-likeness (QED) is 0.841. The Hall–Kier alpha value is -2.59. The average molecular weight is 373 g/mol. The Labute approximate surface area is 157 Å². The summed E-state index contributed by atoms with van der Waals surface area (Å²) in [6, 6.07) is 8.37. The van der Waals surface area contributed by atoms with Crippen molar-refractivity contribution in [1.82, 2.24) is 10.6 Å². The van der Waals surface area contributed by atoms with E-state index in [4.69, 9.17) is 10.00 Å². The van der Waals surface area contributed by atoms with Crippen LogP contribution in [0.2, 0.25) is 0 Å². The first-order valence-corrected chi connectivity index (χ1v) is 9.22. The van der Waals surface area contributed by atoms with Crippen LogP contribution in [0.1, 0.15) is 33.3 Å². The molecule has 0 saturated heterocycles. The third-order valence-corrected chi connectivity index (χ3v) is 4.56. The Morgan fingerprint density at radius 3 is 2.62 bits per heavy atom. The van der Waals surface area contributed by atoms with Crippen molar-refractivity contribution < 1.29 is 14.3 Å². The number of carbonyl (C=O) groups is 2. The lowest BCUT2D eigenvalue weighted by Gasteiger charge is -2.23. The van der Waals surface area contributed by atoms with E-state index in [1.807, 2.05) is 35.7 Å². The summed E-state index contributed by atoms with van der Waals surface area (Å²) in [5, 5.41) is 17.2. The van der Waals surface area contributed by atoms with E-state index in [0.717, 1.165) is 15.6 Å². The highest BCUT2D eigenvalue weighted by Gasteiger charge is 2.26. The van der Waals surface area contributed by atoms with Crippen LogP contribution in [-0.2, 0) is 16.0 Å². The lowest BCUT2D eigenvalue weighted by Crippen LogP contribution is -2.51. The molecule has 0 aliphatic rings. The molecule has 2 N–H and O–H groups in total. The molecule has 138 valence electrons. The molecule has 2 aromatic rings. The van der Waals surface area contributed by atoms with Crippen molar-refractivity contribution in [3.8, 4) is 6.07 Å². The van der Waals surface area contributed by atoms with E-state index in [1.54, 1.807) is 39.0 Å². The second kappa shape index (κ2) is 8.19. The van der Waals surface area contributed by atoms with Gasteiger partial charge in [-0.3, -0.25) is 4.79 Å². The Morgan fingerprint density at radius 2 is 1.96 bits per heavy atom. The summed E-state index contributed by atoms with van der Waals surface area (Å²) in [5.41, 5.74) is 0.298. The van der Waals surface area contributed by atoms with Gasteiger partial charge in [-0.15, -0.1) is 11.3 Å². The van der Waals surface area contributed by atoms with Crippen molar-refractivity contribution in [2.75, 3.05) is 0 Å². The molecule has 2 amide bonds. The maximum atomic E-state index is 12.5. The molecule has 1 aromatic carbocycles. The van der Waals surface area contributed by atoms with Gasteiger partial charge < -0.3 is 15.4 Å². The SMILES string of the molecule is CC(C#N)NC(=O)C(Cc1csc2ccccc12)NC(=O)OC(C)(C)C. The molecular formula is C19H23N3O3S. The number of rotatable bonds is 5. The molecule has 7 heteroatoms. The van der Waals surface area contributed by atoms with Gasteiger partial charge in [-0.05, 0) is 50.1 Å². The van der Waals surface area contributed by atoms with Crippen molar-refractivity contribution in [2.45, 2.75) is 51.8 Å². The highest BCUT2D eigenvalue weighted by atomic mass is 32.1. The van der Waals surface area contributed by atoms with Gasteiger partial charge in [0.2, 0.25) is 5.91 Å². The first-order chi connectivity index (χ1) is 12.2. The number of nitrogens with one attached hydrogen (secondary N) is 2. The number of ether oxygens (including phenoxy) is 1. The lowest BCUT2D eigenvalue weighted by atomic mass is 10.0. The maximum Gasteiger partial charge on any atom is 0.408 e. The molecule has 1 aromatic heterocycles. The number of fused-ring (bicyclic) bond motifs is 1. The molecule has 0 radical (unpaired) electrons. The van der Waals surface area contributed by atoms with E-state index in [1.165, 1.54) is 0 Å². The summed E-state index contributed by atoms with van der Waals surface area (Å²) in [6.07, 6.45) is -0.352. The number of alkyl carbamates (subject to hydrolysis) is 1. The zero-order valence-corrected chi connectivity index (χ0v) is 16.1. The summed E-state index contributed by atoms with van der Waals surface area (Å²) in [6.45, 7) is 6.85. The fourth-order valence-corrected chi connectivity index (χ4v) is 3.39. The highest BCUT2D eigenvalue weighted by Crippen LogP contribution is 2.26. The highest BCUT2D eigenvalue weighted by molar-refractivity contribution is 7.17. The van der Waals surface area contributed by atoms with E-state index < -0.39 is 29.7 Å². The smallest absolute Gasteiger partial charge is 0.408 e. The summed E-state index contributed by atoms with van der Waals surface area (Å²) in [7, 11) is 0. The van der Waals surface area contributed by atoms with Gasteiger partial charge in [-0.1, -0.05) is 18.2 Å². The number of hydrogen-bond acceptors (Lipinski definition) is 5. The summed E-state index contributed by atoms with van der Waals surface area (Å²) in [5.74, 6) is -0.416. The molecule has 0 aliphatic carbocycles. The van der Waals surface area contributed by atoms with Gasteiger partial charge in [-0.25, -0.2) is 4.79 Å². The van der Waals surface area contributed by atoms with Gasteiger partial charge in [0, 0.05) is 11.1 Å². The van der Waals surface area contributed by atoms with E-state index in [-0.39, 0.29) is 0 Å². The third-order valence-electron chi connectivity index (χ3n) is 3.55. The molecule has 6 nitrogen and oxygen atoms in total. The number of hydrogen-bond donors (Lipinski definition) is 2. The van der Waals surface area contributed by atoms with Gasteiger partial charge in [0.15, 0.2) is 0 Å². The van der Waals surface area contributed by atoms with Crippen LogP contribution < -0.4 is 10.6 Å². The minimum absolute atomic E-state index is 0.313. The number of amides is 2. The van der Waals surface area contributed by atoms with E-state index in [2.05, 4.69) is 10.6 Å². The fourth-order valence-electron chi connectivity index (χ4n) is 2.42. The first-order valence-electron chi connectivity index (χ1n) is 8.34. The largest absolute Gasteiger partial charge is 0.444 e. The molecule has 2 unspecified atom stereocenters. The van der Waals surface area contributed by atoms with Crippen LogP contribution in [0, 0.1) is 11.3 Å². The molecule has 1 heterocycles. The van der Waals surface area contributed by atoms with Gasteiger partial charge in [0.25, 0.3) is 0 Å². The lowest BCUT2D eigenvalue weighted by molar-refractivity contribution is -0.123. The number of thiophene rings is 1. The molecular weight excluding hydrogens is 350 g/mol. The van der Waals surface area contributed by atoms with Crippen LogP contribution >= 0.6 is 11.3 Å². The van der Waals surface area contributed by atoms with Gasteiger partial charge >= 0.3 is 6.09 Å². The molecule has 0 spiro atoms. The normalized spacial score (nSPS) is 13.5. The number of benzene rings is 1. The Kier molecular flexibility index (Phi) is 6.22.